The van der Waals surface area contributed by atoms with Crippen LogP contribution >= 0.6 is 0 Å². The quantitative estimate of drug-likeness (QED) is 0.799. The summed E-state index contributed by atoms with van der Waals surface area (Å²) in [6, 6.07) is 10.4. The molecule has 2 aromatic rings. The molecule has 3 heteroatoms. The SMILES string of the molecule is CCc1ccc(-c2cc(CN)[nH]n2)cc1. The highest BCUT2D eigenvalue weighted by Crippen LogP contribution is 2.18. The van der Waals surface area contributed by atoms with Gasteiger partial charge in [0.1, 0.15) is 0 Å². The minimum Gasteiger partial charge on any atom is -0.325 e. The normalized spacial score (nSPS) is 10.5. The summed E-state index contributed by atoms with van der Waals surface area (Å²) in [5.74, 6) is 0. The number of H-pyrrole nitrogens is 1. The van der Waals surface area contributed by atoms with Gasteiger partial charge in [-0.05, 0) is 18.1 Å². The Kier molecular flexibility index (Phi) is 2.83. The second-order valence-electron chi connectivity index (χ2n) is 3.53. The van der Waals surface area contributed by atoms with E-state index in [1.165, 1.54) is 5.56 Å². The van der Waals surface area contributed by atoms with Crippen LogP contribution in [-0.2, 0) is 13.0 Å². The Morgan fingerprint density at radius 3 is 2.53 bits per heavy atom. The number of aromatic nitrogens is 2. The predicted octanol–water partition coefficient (Wildman–Crippen LogP) is 2.10. The molecule has 15 heavy (non-hydrogen) atoms. The van der Waals surface area contributed by atoms with E-state index in [0.717, 1.165) is 23.4 Å². The van der Waals surface area contributed by atoms with E-state index in [1.807, 2.05) is 6.07 Å². The smallest absolute Gasteiger partial charge is 0.0924 e. The summed E-state index contributed by atoms with van der Waals surface area (Å²) in [6.07, 6.45) is 1.06. The summed E-state index contributed by atoms with van der Waals surface area (Å²) in [5.41, 5.74) is 9.90. The van der Waals surface area contributed by atoms with E-state index in [-0.39, 0.29) is 0 Å². The van der Waals surface area contributed by atoms with Crippen LogP contribution in [-0.4, -0.2) is 10.2 Å². The lowest BCUT2D eigenvalue weighted by Crippen LogP contribution is -1.95. The lowest BCUT2D eigenvalue weighted by molar-refractivity contribution is 0.948. The first kappa shape index (κ1) is 9.93. The zero-order chi connectivity index (χ0) is 10.7. The Balaban J connectivity index is 2.28. The fourth-order valence-corrected chi connectivity index (χ4v) is 1.53. The number of aromatic amines is 1. The molecular formula is C12H15N3. The molecule has 0 spiro atoms. The van der Waals surface area contributed by atoms with E-state index in [0.29, 0.717) is 6.54 Å². The Hall–Kier alpha value is -1.61. The van der Waals surface area contributed by atoms with Crippen LogP contribution in [0.25, 0.3) is 11.3 Å². The number of nitrogens with two attached hydrogens (primary N) is 1. The Labute approximate surface area is 89.3 Å². The third-order valence-electron chi connectivity index (χ3n) is 2.51. The first-order valence-corrected chi connectivity index (χ1v) is 5.17. The van der Waals surface area contributed by atoms with E-state index < -0.39 is 0 Å². The Morgan fingerprint density at radius 2 is 2.00 bits per heavy atom. The summed E-state index contributed by atoms with van der Waals surface area (Å²) in [4.78, 5) is 0. The van der Waals surface area contributed by atoms with E-state index >= 15 is 0 Å². The largest absolute Gasteiger partial charge is 0.325 e. The van der Waals surface area contributed by atoms with Crippen molar-refractivity contribution in [3.05, 3.63) is 41.6 Å². The topological polar surface area (TPSA) is 54.7 Å². The molecule has 0 atom stereocenters. The van der Waals surface area contributed by atoms with Gasteiger partial charge in [0.2, 0.25) is 0 Å². The maximum atomic E-state index is 5.52. The number of aryl methyl sites for hydroxylation is 1. The molecule has 0 aliphatic carbocycles. The van der Waals surface area contributed by atoms with Gasteiger partial charge in [0.15, 0.2) is 0 Å². The minimum atomic E-state index is 0.500. The second-order valence-corrected chi connectivity index (χ2v) is 3.53. The monoisotopic (exact) mass is 201 g/mol. The Morgan fingerprint density at radius 1 is 1.27 bits per heavy atom. The first-order chi connectivity index (χ1) is 7.33. The molecule has 0 unspecified atom stereocenters. The third kappa shape index (κ3) is 2.07. The van der Waals surface area contributed by atoms with Crippen LogP contribution in [0.4, 0.5) is 0 Å². The van der Waals surface area contributed by atoms with Gasteiger partial charge < -0.3 is 5.73 Å². The highest BCUT2D eigenvalue weighted by Gasteiger charge is 2.02. The fourth-order valence-electron chi connectivity index (χ4n) is 1.53. The molecule has 78 valence electrons. The van der Waals surface area contributed by atoms with Crippen LogP contribution < -0.4 is 5.73 Å². The average Bonchev–Trinajstić information content (AvgIpc) is 2.78. The van der Waals surface area contributed by atoms with Crippen molar-refractivity contribution in [1.82, 2.24) is 10.2 Å². The lowest BCUT2D eigenvalue weighted by atomic mass is 10.1. The van der Waals surface area contributed by atoms with Crippen molar-refractivity contribution in [2.24, 2.45) is 5.73 Å². The maximum Gasteiger partial charge on any atom is 0.0924 e. The van der Waals surface area contributed by atoms with Crippen molar-refractivity contribution < 1.29 is 0 Å². The van der Waals surface area contributed by atoms with Crippen molar-refractivity contribution in [3.8, 4) is 11.3 Å². The lowest BCUT2D eigenvalue weighted by Gasteiger charge is -1.98. The number of nitrogens with one attached hydrogen (secondary N) is 1. The van der Waals surface area contributed by atoms with Crippen LogP contribution in [0.3, 0.4) is 0 Å². The summed E-state index contributed by atoms with van der Waals surface area (Å²) in [5, 5.41) is 7.12. The standard InChI is InChI=1S/C12H15N3/c1-2-9-3-5-10(6-4-9)12-7-11(8-13)14-15-12/h3-7H,2,8,13H2,1H3,(H,14,15). The van der Waals surface area contributed by atoms with Crippen molar-refractivity contribution >= 4 is 0 Å². The van der Waals surface area contributed by atoms with Crippen LogP contribution in [0.1, 0.15) is 18.2 Å². The fraction of sp³-hybridized carbons (Fsp3) is 0.250. The van der Waals surface area contributed by atoms with Gasteiger partial charge in [0.25, 0.3) is 0 Å². The van der Waals surface area contributed by atoms with Crippen LogP contribution in [0.5, 0.6) is 0 Å². The van der Waals surface area contributed by atoms with Gasteiger partial charge in [0, 0.05) is 17.8 Å². The molecule has 0 aliphatic heterocycles. The number of nitrogens with zero attached hydrogens (tertiary/aromatic N) is 1. The number of hydrogen-bond donors (Lipinski definition) is 2. The number of rotatable bonds is 3. The van der Waals surface area contributed by atoms with E-state index in [4.69, 9.17) is 5.73 Å². The summed E-state index contributed by atoms with van der Waals surface area (Å²) in [7, 11) is 0. The molecule has 0 aliphatic rings. The Bertz CT molecular complexity index is 428. The molecular weight excluding hydrogens is 186 g/mol. The van der Waals surface area contributed by atoms with Gasteiger partial charge in [-0.1, -0.05) is 31.2 Å². The predicted molar refractivity (Wildman–Crippen MR) is 61.3 cm³/mol. The number of hydrogen-bond acceptors (Lipinski definition) is 2. The van der Waals surface area contributed by atoms with E-state index in [1.54, 1.807) is 0 Å². The van der Waals surface area contributed by atoms with Crippen molar-refractivity contribution in [2.75, 3.05) is 0 Å². The van der Waals surface area contributed by atoms with E-state index in [2.05, 4.69) is 41.4 Å². The average molecular weight is 201 g/mol. The van der Waals surface area contributed by atoms with Gasteiger partial charge in [0.05, 0.1) is 5.69 Å². The molecule has 0 fully saturated rings. The highest BCUT2D eigenvalue weighted by atomic mass is 15.1. The molecule has 0 radical (unpaired) electrons. The molecule has 1 aromatic heterocycles. The molecule has 2 rings (SSSR count). The van der Waals surface area contributed by atoms with Gasteiger partial charge in [-0.25, -0.2) is 0 Å². The van der Waals surface area contributed by atoms with Crippen LogP contribution in [0.2, 0.25) is 0 Å². The summed E-state index contributed by atoms with van der Waals surface area (Å²) >= 11 is 0. The van der Waals surface area contributed by atoms with Crippen molar-refractivity contribution in [2.45, 2.75) is 19.9 Å². The number of benzene rings is 1. The summed E-state index contributed by atoms with van der Waals surface area (Å²) in [6.45, 7) is 2.65. The van der Waals surface area contributed by atoms with Gasteiger partial charge in [-0.15, -0.1) is 0 Å². The zero-order valence-corrected chi connectivity index (χ0v) is 8.83. The second kappa shape index (κ2) is 4.28. The van der Waals surface area contributed by atoms with Gasteiger partial charge >= 0.3 is 0 Å². The van der Waals surface area contributed by atoms with Gasteiger partial charge in [-0.3, -0.25) is 5.10 Å². The maximum absolute atomic E-state index is 5.52. The molecule has 3 N–H and O–H groups in total. The molecule has 0 saturated heterocycles. The van der Waals surface area contributed by atoms with Gasteiger partial charge in [-0.2, -0.15) is 5.10 Å². The first-order valence-electron chi connectivity index (χ1n) is 5.17. The van der Waals surface area contributed by atoms with Crippen molar-refractivity contribution in [3.63, 3.8) is 0 Å². The third-order valence-corrected chi connectivity index (χ3v) is 2.51. The molecule has 1 aromatic carbocycles. The zero-order valence-electron chi connectivity index (χ0n) is 8.83. The molecule has 0 saturated carbocycles. The molecule has 0 amide bonds. The van der Waals surface area contributed by atoms with Crippen LogP contribution in [0, 0.1) is 0 Å². The van der Waals surface area contributed by atoms with E-state index in [9.17, 15) is 0 Å². The van der Waals surface area contributed by atoms with Crippen LogP contribution in [0.15, 0.2) is 30.3 Å². The van der Waals surface area contributed by atoms with Crippen molar-refractivity contribution in [1.29, 1.82) is 0 Å². The molecule has 3 nitrogen and oxygen atoms in total. The molecule has 1 heterocycles. The molecule has 0 bridgehead atoms. The highest BCUT2D eigenvalue weighted by molar-refractivity contribution is 5.59. The minimum absolute atomic E-state index is 0.500. The summed E-state index contributed by atoms with van der Waals surface area (Å²) < 4.78 is 0.